The number of anilines is 1. The van der Waals surface area contributed by atoms with Crippen LogP contribution in [0, 0.1) is 0 Å². The molecule has 0 aliphatic carbocycles. The molecule has 0 bridgehead atoms. The molecule has 7 nitrogen and oxygen atoms in total. The molecule has 2 amide bonds. The number of nitrogens with one attached hydrogen (secondary N) is 2. The maximum Gasteiger partial charge on any atom is 0.253 e. The van der Waals surface area contributed by atoms with Gasteiger partial charge in [-0.25, -0.2) is 0 Å². The predicted octanol–water partition coefficient (Wildman–Crippen LogP) is -0.230. The first-order valence-electron chi connectivity index (χ1n) is 6.05. The lowest BCUT2D eigenvalue weighted by atomic mass is 10.1. The molecule has 110 valence electrons. The SMILES string of the molecule is COCCNC(=O)CNC(=O)c1cc(OC)ccc1N. The van der Waals surface area contributed by atoms with Crippen LogP contribution in [0.5, 0.6) is 5.75 Å². The van der Waals surface area contributed by atoms with Crippen molar-refractivity contribution >= 4 is 17.5 Å². The number of hydrogen-bond donors (Lipinski definition) is 3. The Morgan fingerprint density at radius 2 is 2.00 bits per heavy atom. The molecule has 1 rings (SSSR count). The van der Waals surface area contributed by atoms with Crippen LogP contribution in [0.15, 0.2) is 18.2 Å². The number of carbonyl (C=O) groups is 2. The summed E-state index contributed by atoms with van der Waals surface area (Å²) < 4.78 is 9.82. The Morgan fingerprint density at radius 1 is 1.25 bits per heavy atom. The van der Waals surface area contributed by atoms with Crippen LogP contribution < -0.4 is 21.1 Å². The summed E-state index contributed by atoms with van der Waals surface area (Å²) in [6.45, 7) is 0.689. The highest BCUT2D eigenvalue weighted by Crippen LogP contribution is 2.19. The standard InChI is InChI=1S/C13H19N3O4/c1-19-6-5-15-12(17)8-16-13(18)10-7-9(20-2)3-4-11(10)14/h3-4,7H,5-6,8,14H2,1-2H3,(H,15,17)(H,16,18). The van der Waals surface area contributed by atoms with E-state index in [2.05, 4.69) is 10.6 Å². The molecule has 0 aliphatic heterocycles. The monoisotopic (exact) mass is 281 g/mol. The Labute approximate surface area is 117 Å². The predicted molar refractivity (Wildman–Crippen MR) is 74.6 cm³/mol. The van der Waals surface area contributed by atoms with Crippen LogP contribution in [0.25, 0.3) is 0 Å². The molecule has 0 saturated carbocycles. The van der Waals surface area contributed by atoms with Crippen LogP contribution >= 0.6 is 0 Å². The zero-order valence-electron chi connectivity index (χ0n) is 11.6. The van der Waals surface area contributed by atoms with Gasteiger partial charge in [-0.15, -0.1) is 0 Å². The maximum absolute atomic E-state index is 11.9. The number of nitrogen functional groups attached to an aromatic ring is 1. The van der Waals surface area contributed by atoms with Crippen molar-refractivity contribution in [3.63, 3.8) is 0 Å². The topological polar surface area (TPSA) is 103 Å². The van der Waals surface area contributed by atoms with E-state index in [9.17, 15) is 9.59 Å². The van der Waals surface area contributed by atoms with Gasteiger partial charge >= 0.3 is 0 Å². The summed E-state index contributed by atoms with van der Waals surface area (Å²) in [5.74, 6) is -0.200. The van der Waals surface area contributed by atoms with E-state index in [0.29, 0.717) is 24.6 Å². The van der Waals surface area contributed by atoms with Crippen molar-refractivity contribution in [3.8, 4) is 5.75 Å². The second-order valence-corrected chi connectivity index (χ2v) is 3.98. The van der Waals surface area contributed by atoms with E-state index in [1.54, 1.807) is 19.2 Å². The van der Waals surface area contributed by atoms with E-state index < -0.39 is 5.91 Å². The lowest BCUT2D eigenvalue weighted by molar-refractivity contribution is -0.120. The third-order valence-electron chi connectivity index (χ3n) is 2.54. The first-order valence-corrected chi connectivity index (χ1v) is 6.05. The number of ether oxygens (including phenoxy) is 2. The summed E-state index contributed by atoms with van der Waals surface area (Å²) in [5.41, 5.74) is 6.31. The smallest absolute Gasteiger partial charge is 0.253 e. The number of carbonyl (C=O) groups excluding carboxylic acids is 2. The van der Waals surface area contributed by atoms with Gasteiger partial charge in [0.2, 0.25) is 5.91 Å². The third kappa shape index (κ3) is 4.77. The fourth-order valence-electron chi connectivity index (χ4n) is 1.47. The van der Waals surface area contributed by atoms with Gasteiger partial charge in [-0.1, -0.05) is 0 Å². The van der Waals surface area contributed by atoms with Crippen LogP contribution in [0.2, 0.25) is 0 Å². The molecule has 1 aromatic rings. The van der Waals surface area contributed by atoms with Gasteiger partial charge in [-0.3, -0.25) is 9.59 Å². The van der Waals surface area contributed by atoms with Crippen molar-refractivity contribution in [2.75, 3.05) is 39.6 Å². The summed E-state index contributed by atoms with van der Waals surface area (Å²) in [7, 11) is 3.04. The number of methoxy groups -OCH3 is 2. The number of nitrogens with two attached hydrogens (primary N) is 1. The lowest BCUT2D eigenvalue weighted by Crippen LogP contribution is -2.38. The second kappa shape index (κ2) is 8.00. The van der Waals surface area contributed by atoms with Gasteiger partial charge in [-0.05, 0) is 18.2 Å². The minimum Gasteiger partial charge on any atom is -0.497 e. The Balaban J connectivity index is 2.52. The van der Waals surface area contributed by atoms with Crippen LogP contribution in [-0.4, -0.2) is 45.7 Å². The number of rotatable bonds is 7. The molecule has 0 radical (unpaired) electrons. The highest BCUT2D eigenvalue weighted by Gasteiger charge is 2.12. The molecule has 20 heavy (non-hydrogen) atoms. The van der Waals surface area contributed by atoms with Crippen LogP contribution in [0.4, 0.5) is 5.69 Å². The van der Waals surface area contributed by atoms with Crippen molar-refractivity contribution in [3.05, 3.63) is 23.8 Å². The first-order chi connectivity index (χ1) is 9.58. The van der Waals surface area contributed by atoms with Crippen LogP contribution in [0.3, 0.4) is 0 Å². The molecule has 0 fully saturated rings. The Hall–Kier alpha value is -2.28. The van der Waals surface area contributed by atoms with E-state index >= 15 is 0 Å². The van der Waals surface area contributed by atoms with E-state index in [4.69, 9.17) is 15.2 Å². The van der Waals surface area contributed by atoms with Crippen molar-refractivity contribution < 1.29 is 19.1 Å². The Morgan fingerprint density at radius 3 is 2.65 bits per heavy atom. The zero-order valence-corrected chi connectivity index (χ0v) is 11.6. The van der Waals surface area contributed by atoms with Crippen molar-refractivity contribution in [1.82, 2.24) is 10.6 Å². The molecule has 0 saturated heterocycles. The summed E-state index contributed by atoms with van der Waals surface area (Å²) in [4.78, 5) is 23.3. The minimum absolute atomic E-state index is 0.126. The third-order valence-corrected chi connectivity index (χ3v) is 2.54. The molecule has 0 atom stereocenters. The average molecular weight is 281 g/mol. The van der Waals surface area contributed by atoms with Crippen molar-refractivity contribution in [2.24, 2.45) is 0 Å². The molecule has 1 aromatic carbocycles. The molecule has 0 aliphatic rings. The van der Waals surface area contributed by atoms with E-state index in [1.165, 1.54) is 13.2 Å². The fourth-order valence-corrected chi connectivity index (χ4v) is 1.47. The second-order valence-electron chi connectivity index (χ2n) is 3.98. The molecular formula is C13H19N3O4. The summed E-state index contributed by atoms with van der Waals surface area (Å²) in [6.07, 6.45) is 0. The first kappa shape index (κ1) is 15.8. The highest BCUT2D eigenvalue weighted by atomic mass is 16.5. The summed E-state index contributed by atoms with van der Waals surface area (Å²) >= 11 is 0. The summed E-state index contributed by atoms with van der Waals surface area (Å²) in [6, 6.07) is 4.75. The quantitative estimate of drug-likeness (QED) is 0.473. The average Bonchev–Trinajstić information content (AvgIpc) is 2.45. The van der Waals surface area contributed by atoms with Gasteiger partial charge in [0.15, 0.2) is 0 Å². The van der Waals surface area contributed by atoms with E-state index in [1.807, 2.05) is 0 Å². The van der Waals surface area contributed by atoms with Crippen molar-refractivity contribution in [2.45, 2.75) is 0 Å². The van der Waals surface area contributed by atoms with Crippen molar-refractivity contribution in [1.29, 1.82) is 0 Å². The number of amides is 2. The minimum atomic E-state index is -0.428. The number of benzene rings is 1. The summed E-state index contributed by atoms with van der Waals surface area (Å²) in [5, 5.41) is 5.08. The molecule has 0 heterocycles. The van der Waals surface area contributed by atoms with Gasteiger partial charge in [0.25, 0.3) is 5.91 Å². The molecular weight excluding hydrogens is 262 g/mol. The molecule has 0 aromatic heterocycles. The maximum atomic E-state index is 11.9. The molecule has 7 heteroatoms. The van der Waals surface area contributed by atoms with E-state index in [-0.39, 0.29) is 18.0 Å². The highest BCUT2D eigenvalue weighted by molar-refractivity contribution is 6.01. The Bertz CT molecular complexity index is 477. The van der Waals surface area contributed by atoms with Gasteiger partial charge in [0.05, 0.1) is 25.8 Å². The Kier molecular flexibility index (Phi) is 6.31. The fraction of sp³-hybridized carbons (Fsp3) is 0.385. The number of hydrogen-bond acceptors (Lipinski definition) is 5. The van der Waals surface area contributed by atoms with Gasteiger partial charge in [0.1, 0.15) is 5.75 Å². The molecule has 4 N–H and O–H groups in total. The lowest BCUT2D eigenvalue weighted by Gasteiger charge is -2.09. The van der Waals surface area contributed by atoms with Gasteiger partial charge in [0, 0.05) is 19.3 Å². The zero-order chi connectivity index (χ0) is 15.0. The van der Waals surface area contributed by atoms with Gasteiger partial charge in [-0.2, -0.15) is 0 Å². The van der Waals surface area contributed by atoms with Crippen LogP contribution in [-0.2, 0) is 9.53 Å². The molecule has 0 unspecified atom stereocenters. The van der Waals surface area contributed by atoms with Crippen LogP contribution in [0.1, 0.15) is 10.4 Å². The van der Waals surface area contributed by atoms with Gasteiger partial charge < -0.3 is 25.8 Å². The van der Waals surface area contributed by atoms with E-state index in [0.717, 1.165) is 0 Å². The molecule has 0 spiro atoms. The normalized spacial score (nSPS) is 9.90. The largest absolute Gasteiger partial charge is 0.497 e.